The van der Waals surface area contributed by atoms with Crippen LogP contribution in [0.5, 0.6) is 0 Å². The van der Waals surface area contributed by atoms with Crippen molar-refractivity contribution in [1.29, 1.82) is 0 Å². The van der Waals surface area contributed by atoms with Crippen LogP contribution in [0.3, 0.4) is 0 Å². The fourth-order valence-corrected chi connectivity index (χ4v) is 2.15. The van der Waals surface area contributed by atoms with E-state index in [4.69, 9.17) is 5.11 Å². The van der Waals surface area contributed by atoms with Crippen molar-refractivity contribution in [2.75, 3.05) is 6.61 Å². The third kappa shape index (κ3) is 3.07. The molecule has 0 aromatic heterocycles. The summed E-state index contributed by atoms with van der Waals surface area (Å²) >= 11 is 0. The summed E-state index contributed by atoms with van der Waals surface area (Å²) in [6, 6.07) is 6.59. The van der Waals surface area contributed by atoms with Crippen molar-refractivity contribution in [2.45, 2.75) is 40.0 Å². The van der Waals surface area contributed by atoms with Crippen molar-refractivity contribution in [3.8, 4) is 0 Å². The Labute approximate surface area is 93.1 Å². The molecule has 1 atom stereocenters. The van der Waals surface area contributed by atoms with Crippen molar-refractivity contribution < 1.29 is 5.11 Å². The van der Waals surface area contributed by atoms with Gasteiger partial charge in [0.25, 0.3) is 0 Å². The van der Waals surface area contributed by atoms with Crippen molar-refractivity contribution in [3.63, 3.8) is 0 Å². The number of hydrogen-bond donors (Lipinski definition) is 1. The summed E-state index contributed by atoms with van der Waals surface area (Å²) in [5, 5.41) is 9.11. The maximum atomic E-state index is 9.11. The Balaban J connectivity index is 3.04. The maximum absolute atomic E-state index is 9.11. The smallest absolute Gasteiger partial charge is 0.0436 e. The van der Waals surface area contributed by atoms with Gasteiger partial charge in [-0.3, -0.25) is 0 Å². The van der Waals surface area contributed by atoms with Crippen LogP contribution < -0.4 is 0 Å². The third-order valence-corrected chi connectivity index (χ3v) is 3.08. The molecule has 0 aliphatic rings. The lowest BCUT2D eigenvalue weighted by atomic mass is 9.83. The van der Waals surface area contributed by atoms with Crippen molar-refractivity contribution >= 4 is 0 Å². The molecular formula is C14H22O. The topological polar surface area (TPSA) is 20.2 Å². The highest BCUT2D eigenvalue weighted by Crippen LogP contribution is 2.30. The van der Waals surface area contributed by atoms with Gasteiger partial charge in [0, 0.05) is 6.61 Å². The summed E-state index contributed by atoms with van der Waals surface area (Å²) in [6.07, 6.45) is 0.863. The van der Waals surface area contributed by atoms with E-state index in [-0.39, 0.29) is 6.61 Å². The first-order valence-electron chi connectivity index (χ1n) is 5.74. The molecule has 1 N–H and O–H groups in total. The molecule has 0 fully saturated rings. The molecule has 1 nitrogen and oxygen atoms in total. The van der Waals surface area contributed by atoms with Crippen LogP contribution in [0.15, 0.2) is 18.2 Å². The van der Waals surface area contributed by atoms with E-state index in [1.807, 2.05) is 0 Å². The van der Waals surface area contributed by atoms with Crippen LogP contribution >= 0.6 is 0 Å². The normalized spacial score (nSPS) is 13.2. The molecule has 0 bridgehead atoms. The summed E-state index contributed by atoms with van der Waals surface area (Å²) < 4.78 is 0. The highest BCUT2D eigenvalue weighted by atomic mass is 16.3. The molecule has 0 saturated heterocycles. The minimum atomic E-state index is 0.274. The van der Waals surface area contributed by atoms with E-state index in [1.165, 1.54) is 16.7 Å². The molecular weight excluding hydrogens is 184 g/mol. The van der Waals surface area contributed by atoms with Gasteiger partial charge in [0.1, 0.15) is 0 Å². The maximum Gasteiger partial charge on any atom is 0.0436 e. The fourth-order valence-electron chi connectivity index (χ4n) is 2.15. The highest BCUT2D eigenvalue weighted by molar-refractivity contribution is 5.33. The largest absolute Gasteiger partial charge is 0.396 e. The van der Waals surface area contributed by atoms with Gasteiger partial charge < -0.3 is 5.11 Å². The predicted molar refractivity (Wildman–Crippen MR) is 65.2 cm³/mol. The number of benzene rings is 1. The molecule has 0 spiro atoms. The Bertz CT molecular complexity index is 315. The second kappa shape index (κ2) is 5.32. The molecule has 0 aliphatic carbocycles. The SMILES string of the molecule is Cc1ccc(C)c(C(CCO)C(C)C)c1. The van der Waals surface area contributed by atoms with E-state index >= 15 is 0 Å². The molecule has 15 heavy (non-hydrogen) atoms. The zero-order chi connectivity index (χ0) is 11.4. The van der Waals surface area contributed by atoms with Gasteiger partial charge in [0.2, 0.25) is 0 Å². The Morgan fingerprint density at radius 3 is 2.40 bits per heavy atom. The number of rotatable bonds is 4. The average molecular weight is 206 g/mol. The van der Waals surface area contributed by atoms with Gasteiger partial charge in [0.05, 0.1) is 0 Å². The molecule has 84 valence electrons. The number of aliphatic hydroxyl groups is 1. The van der Waals surface area contributed by atoms with E-state index in [2.05, 4.69) is 45.9 Å². The fraction of sp³-hybridized carbons (Fsp3) is 0.571. The lowest BCUT2D eigenvalue weighted by Crippen LogP contribution is -2.10. The van der Waals surface area contributed by atoms with Gasteiger partial charge in [0.15, 0.2) is 0 Å². The summed E-state index contributed by atoms with van der Waals surface area (Å²) in [5.74, 6) is 1.06. The molecule has 0 radical (unpaired) electrons. The Hall–Kier alpha value is -0.820. The molecule has 1 unspecified atom stereocenters. The molecule has 1 aromatic rings. The second-order valence-corrected chi connectivity index (χ2v) is 4.72. The zero-order valence-corrected chi connectivity index (χ0v) is 10.2. The van der Waals surface area contributed by atoms with Crippen LogP contribution in [0.2, 0.25) is 0 Å². The van der Waals surface area contributed by atoms with Gasteiger partial charge in [-0.1, -0.05) is 37.6 Å². The molecule has 0 saturated carbocycles. The van der Waals surface area contributed by atoms with Crippen LogP contribution in [0.4, 0.5) is 0 Å². The first kappa shape index (κ1) is 12.3. The molecule has 0 amide bonds. The van der Waals surface area contributed by atoms with Gasteiger partial charge in [-0.05, 0) is 43.2 Å². The van der Waals surface area contributed by atoms with Crippen LogP contribution in [-0.2, 0) is 0 Å². The van der Waals surface area contributed by atoms with Gasteiger partial charge >= 0.3 is 0 Å². The van der Waals surface area contributed by atoms with Crippen LogP contribution in [0.25, 0.3) is 0 Å². The monoisotopic (exact) mass is 206 g/mol. The van der Waals surface area contributed by atoms with E-state index in [9.17, 15) is 0 Å². The highest BCUT2D eigenvalue weighted by Gasteiger charge is 2.17. The average Bonchev–Trinajstić information content (AvgIpc) is 2.18. The minimum absolute atomic E-state index is 0.274. The number of aliphatic hydroxyl groups excluding tert-OH is 1. The quantitative estimate of drug-likeness (QED) is 0.800. The second-order valence-electron chi connectivity index (χ2n) is 4.72. The lowest BCUT2D eigenvalue weighted by Gasteiger charge is -2.22. The van der Waals surface area contributed by atoms with Gasteiger partial charge in [-0.15, -0.1) is 0 Å². The van der Waals surface area contributed by atoms with Crippen LogP contribution in [0.1, 0.15) is 42.9 Å². The molecule has 1 aromatic carbocycles. The molecule has 1 rings (SSSR count). The van der Waals surface area contributed by atoms with Crippen molar-refractivity contribution in [2.24, 2.45) is 5.92 Å². The first-order valence-corrected chi connectivity index (χ1v) is 5.74. The molecule has 0 aliphatic heterocycles. The zero-order valence-electron chi connectivity index (χ0n) is 10.2. The standard InChI is InChI=1S/C14H22O/c1-10(2)13(7-8-15)14-9-11(3)5-6-12(14)4/h5-6,9-10,13,15H,7-8H2,1-4H3. The van der Waals surface area contributed by atoms with Gasteiger partial charge in [-0.2, -0.15) is 0 Å². The van der Waals surface area contributed by atoms with Crippen molar-refractivity contribution in [1.82, 2.24) is 0 Å². The van der Waals surface area contributed by atoms with Crippen LogP contribution in [-0.4, -0.2) is 11.7 Å². The van der Waals surface area contributed by atoms with E-state index < -0.39 is 0 Å². The predicted octanol–water partition coefficient (Wildman–Crippen LogP) is 3.43. The Kier molecular flexibility index (Phi) is 4.34. The first-order chi connectivity index (χ1) is 7.06. The van der Waals surface area contributed by atoms with E-state index in [1.54, 1.807) is 0 Å². The number of aryl methyl sites for hydroxylation is 2. The summed E-state index contributed by atoms with van der Waals surface area (Å²) in [4.78, 5) is 0. The Morgan fingerprint density at radius 2 is 1.87 bits per heavy atom. The van der Waals surface area contributed by atoms with Gasteiger partial charge in [-0.25, -0.2) is 0 Å². The Morgan fingerprint density at radius 1 is 1.20 bits per heavy atom. The summed E-state index contributed by atoms with van der Waals surface area (Å²) in [7, 11) is 0. The van der Waals surface area contributed by atoms with E-state index in [0.717, 1.165) is 6.42 Å². The summed E-state index contributed by atoms with van der Waals surface area (Å²) in [5.41, 5.74) is 4.05. The third-order valence-electron chi connectivity index (χ3n) is 3.08. The van der Waals surface area contributed by atoms with E-state index in [0.29, 0.717) is 11.8 Å². The molecule has 0 heterocycles. The minimum Gasteiger partial charge on any atom is -0.396 e. The van der Waals surface area contributed by atoms with Crippen molar-refractivity contribution in [3.05, 3.63) is 34.9 Å². The molecule has 1 heteroatoms. The summed E-state index contributed by atoms with van der Waals surface area (Å²) in [6.45, 7) is 9.00. The number of hydrogen-bond acceptors (Lipinski definition) is 1. The lowest BCUT2D eigenvalue weighted by molar-refractivity contribution is 0.261. The van der Waals surface area contributed by atoms with Crippen LogP contribution in [0, 0.1) is 19.8 Å².